The van der Waals surface area contributed by atoms with Gasteiger partial charge < -0.3 is 4.74 Å². The summed E-state index contributed by atoms with van der Waals surface area (Å²) in [5.41, 5.74) is 2.56. The predicted octanol–water partition coefficient (Wildman–Crippen LogP) is 5.73. The number of carbonyl (C=O) groups excluding carboxylic acids is 1. The van der Waals surface area contributed by atoms with Gasteiger partial charge in [-0.05, 0) is 53.6 Å². The molecule has 1 aliphatic rings. The monoisotopic (exact) mass is 362 g/mol. The van der Waals surface area contributed by atoms with E-state index in [1.807, 2.05) is 54.6 Å². The van der Waals surface area contributed by atoms with E-state index in [2.05, 4.69) is 0 Å². The van der Waals surface area contributed by atoms with E-state index in [4.69, 9.17) is 4.74 Å². The lowest BCUT2D eigenvalue weighted by Gasteiger charge is -2.07. The van der Waals surface area contributed by atoms with Crippen molar-refractivity contribution in [3.63, 3.8) is 0 Å². The first-order chi connectivity index (χ1) is 12.7. The average Bonchev–Trinajstić information content (AvgIpc) is 2.98. The molecular weight excluding hydrogens is 347 g/mol. The largest absolute Gasteiger partial charge is 0.489 e. The number of allylic oxidation sites excluding steroid dienone is 1. The van der Waals surface area contributed by atoms with E-state index in [-0.39, 0.29) is 11.6 Å². The maximum Gasteiger partial charge on any atom is 0.200 e. The van der Waals surface area contributed by atoms with Crippen LogP contribution in [0.5, 0.6) is 5.75 Å². The van der Waals surface area contributed by atoms with Crippen LogP contribution >= 0.6 is 11.8 Å². The summed E-state index contributed by atoms with van der Waals surface area (Å²) in [6.07, 6.45) is 1.89. The summed E-state index contributed by atoms with van der Waals surface area (Å²) in [4.78, 5) is 14.2. The topological polar surface area (TPSA) is 26.3 Å². The van der Waals surface area contributed by atoms with Crippen LogP contribution in [0.25, 0.3) is 6.08 Å². The highest BCUT2D eigenvalue weighted by Gasteiger charge is 2.25. The number of Topliss-reactive ketones (excluding diaryl/α,β-unsaturated/α-hetero) is 1. The van der Waals surface area contributed by atoms with Crippen molar-refractivity contribution < 1.29 is 13.9 Å². The molecule has 0 saturated heterocycles. The van der Waals surface area contributed by atoms with Gasteiger partial charge in [0.2, 0.25) is 5.78 Å². The van der Waals surface area contributed by atoms with Crippen molar-refractivity contribution >= 4 is 23.6 Å². The van der Waals surface area contributed by atoms with Gasteiger partial charge in [0.05, 0.1) is 4.91 Å². The number of hydrogen-bond donors (Lipinski definition) is 0. The van der Waals surface area contributed by atoms with E-state index in [1.54, 1.807) is 12.1 Å². The molecule has 4 heteroatoms. The van der Waals surface area contributed by atoms with Gasteiger partial charge in [-0.25, -0.2) is 4.39 Å². The summed E-state index contributed by atoms with van der Waals surface area (Å²) >= 11 is 1.49. The Balaban J connectivity index is 1.50. The lowest BCUT2D eigenvalue weighted by molar-refractivity contribution is 0.104. The van der Waals surface area contributed by atoms with Crippen molar-refractivity contribution in [2.45, 2.75) is 11.5 Å². The fraction of sp³-hybridized carbons (Fsp3) is 0.0455. The standard InChI is InChI=1S/C22H15FO2S/c23-17-10-8-15(9-11-17)14-25-18-5-3-4-16(12-18)13-21-22(24)19-6-1-2-7-20(19)26-21/h1-13H,14H2/b21-13-. The Kier molecular flexibility index (Phi) is 4.59. The van der Waals surface area contributed by atoms with E-state index in [0.717, 1.165) is 21.6 Å². The van der Waals surface area contributed by atoms with Crippen LogP contribution in [0.3, 0.4) is 0 Å². The number of halogens is 1. The van der Waals surface area contributed by atoms with Gasteiger partial charge in [0.1, 0.15) is 18.2 Å². The molecule has 0 unspecified atom stereocenters. The normalized spacial score (nSPS) is 14.5. The first-order valence-electron chi connectivity index (χ1n) is 8.20. The minimum atomic E-state index is -0.262. The zero-order valence-corrected chi connectivity index (χ0v) is 14.6. The molecule has 0 fully saturated rings. The van der Waals surface area contributed by atoms with E-state index in [1.165, 1.54) is 23.9 Å². The molecule has 26 heavy (non-hydrogen) atoms. The minimum absolute atomic E-state index is 0.0585. The van der Waals surface area contributed by atoms with Crippen molar-refractivity contribution in [3.05, 3.63) is 100 Å². The highest BCUT2D eigenvalue weighted by Crippen LogP contribution is 2.40. The number of thioether (sulfide) groups is 1. The van der Waals surface area contributed by atoms with E-state index < -0.39 is 0 Å². The number of ketones is 1. The lowest BCUT2D eigenvalue weighted by Crippen LogP contribution is -1.96. The van der Waals surface area contributed by atoms with Crippen LogP contribution in [0.15, 0.2) is 82.6 Å². The molecule has 4 rings (SSSR count). The summed E-state index contributed by atoms with van der Waals surface area (Å²) in [7, 11) is 0. The Labute approximate surface area is 155 Å². The number of hydrogen-bond acceptors (Lipinski definition) is 3. The number of carbonyl (C=O) groups is 1. The van der Waals surface area contributed by atoms with E-state index in [9.17, 15) is 9.18 Å². The van der Waals surface area contributed by atoms with Crippen LogP contribution in [0.2, 0.25) is 0 Å². The van der Waals surface area contributed by atoms with Gasteiger partial charge in [0.25, 0.3) is 0 Å². The predicted molar refractivity (Wildman–Crippen MR) is 102 cm³/mol. The summed E-state index contributed by atoms with van der Waals surface area (Å²) in [5, 5.41) is 0. The highest BCUT2D eigenvalue weighted by molar-refractivity contribution is 8.04. The third-order valence-corrected chi connectivity index (χ3v) is 5.15. The third kappa shape index (κ3) is 3.55. The number of fused-ring (bicyclic) bond motifs is 1. The quantitative estimate of drug-likeness (QED) is 0.554. The van der Waals surface area contributed by atoms with Crippen molar-refractivity contribution in [2.75, 3.05) is 0 Å². The van der Waals surface area contributed by atoms with E-state index in [0.29, 0.717) is 17.3 Å². The molecule has 0 atom stereocenters. The van der Waals surface area contributed by atoms with Gasteiger partial charge in [0, 0.05) is 10.5 Å². The zero-order chi connectivity index (χ0) is 17.9. The highest BCUT2D eigenvalue weighted by atomic mass is 32.2. The zero-order valence-electron chi connectivity index (χ0n) is 13.8. The molecule has 1 aliphatic heterocycles. The van der Waals surface area contributed by atoms with Gasteiger partial charge in [-0.2, -0.15) is 0 Å². The summed E-state index contributed by atoms with van der Waals surface area (Å²) in [5.74, 6) is 0.502. The lowest BCUT2D eigenvalue weighted by atomic mass is 10.1. The summed E-state index contributed by atoms with van der Waals surface area (Å²) in [6.45, 7) is 0.361. The van der Waals surface area contributed by atoms with Crippen LogP contribution in [0, 0.1) is 5.82 Å². The van der Waals surface area contributed by atoms with E-state index >= 15 is 0 Å². The molecule has 0 N–H and O–H groups in total. The summed E-state index contributed by atoms with van der Waals surface area (Å²) in [6, 6.07) is 21.5. The van der Waals surface area contributed by atoms with Crippen molar-refractivity contribution in [3.8, 4) is 5.75 Å². The molecule has 0 bridgehead atoms. The minimum Gasteiger partial charge on any atom is -0.489 e. The Hall–Kier alpha value is -2.85. The maximum absolute atomic E-state index is 12.9. The Morgan fingerprint density at radius 2 is 1.77 bits per heavy atom. The molecule has 3 aromatic carbocycles. The van der Waals surface area contributed by atoms with Crippen molar-refractivity contribution in [1.82, 2.24) is 0 Å². The molecule has 3 aromatic rings. The Morgan fingerprint density at radius 3 is 2.58 bits per heavy atom. The SMILES string of the molecule is O=C1/C(=C/c2cccc(OCc3ccc(F)cc3)c2)Sc2ccccc21. The Bertz CT molecular complexity index is 993. The molecule has 0 spiro atoms. The van der Waals surface area contributed by atoms with Crippen molar-refractivity contribution in [1.29, 1.82) is 0 Å². The molecule has 0 aromatic heterocycles. The molecule has 1 heterocycles. The molecular formula is C22H15FO2S. The van der Waals surface area contributed by atoms with Crippen LogP contribution in [0.1, 0.15) is 21.5 Å². The van der Waals surface area contributed by atoms with Crippen molar-refractivity contribution in [2.24, 2.45) is 0 Å². The average molecular weight is 362 g/mol. The molecule has 0 saturated carbocycles. The summed E-state index contributed by atoms with van der Waals surface area (Å²) < 4.78 is 18.7. The fourth-order valence-electron chi connectivity index (χ4n) is 2.73. The molecule has 0 radical (unpaired) electrons. The molecule has 128 valence electrons. The number of benzene rings is 3. The van der Waals surface area contributed by atoms with Crippen LogP contribution in [0.4, 0.5) is 4.39 Å². The van der Waals surface area contributed by atoms with Gasteiger partial charge in [-0.1, -0.05) is 48.2 Å². The molecule has 2 nitrogen and oxygen atoms in total. The second kappa shape index (κ2) is 7.18. The number of rotatable bonds is 4. The smallest absolute Gasteiger partial charge is 0.200 e. The van der Waals surface area contributed by atoms with Gasteiger partial charge in [-0.15, -0.1) is 0 Å². The van der Waals surface area contributed by atoms with Gasteiger partial charge in [0.15, 0.2) is 0 Å². The van der Waals surface area contributed by atoms with Crippen LogP contribution < -0.4 is 4.74 Å². The van der Waals surface area contributed by atoms with Crippen LogP contribution in [-0.2, 0) is 6.61 Å². The Morgan fingerprint density at radius 1 is 0.962 bits per heavy atom. The second-order valence-corrected chi connectivity index (χ2v) is 7.01. The van der Waals surface area contributed by atoms with Gasteiger partial charge in [-0.3, -0.25) is 4.79 Å². The first kappa shape index (κ1) is 16.6. The molecule has 0 amide bonds. The van der Waals surface area contributed by atoms with Crippen LogP contribution in [-0.4, -0.2) is 5.78 Å². The first-order valence-corrected chi connectivity index (χ1v) is 9.01. The third-order valence-electron chi connectivity index (χ3n) is 4.05. The second-order valence-electron chi connectivity index (χ2n) is 5.92. The van der Waals surface area contributed by atoms with Gasteiger partial charge >= 0.3 is 0 Å². The fourth-order valence-corrected chi connectivity index (χ4v) is 3.78. The molecule has 0 aliphatic carbocycles. The number of ether oxygens (including phenoxy) is 1. The maximum atomic E-state index is 12.9.